The van der Waals surface area contributed by atoms with Gasteiger partial charge >= 0.3 is 0 Å². The van der Waals surface area contributed by atoms with Crippen LogP contribution < -0.4 is 5.53 Å². The first-order valence-corrected chi connectivity index (χ1v) is 3.56. The van der Waals surface area contributed by atoms with Gasteiger partial charge in [-0.25, -0.2) is 0 Å². The summed E-state index contributed by atoms with van der Waals surface area (Å²) in [7, 11) is 4.02. The largest absolute Gasteiger partial charge is 0.299 e. The van der Waals surface area contributed by atoms with Crippen LogP contribution >= 0.6 is 0 Å². The smallest absolute Gasteiger partial charge is 0.0507 e. The molecule has 1 rings (SSSR count). The van der Waals surface area contributed by atoms with E-state index in [4.69, 9.17) is 0 Å². The van der Waals surface area contributed by atoms with E-state index in [0.29, 0.717) is 5.92 Å². The number of nitrogens with zero attached hydrogens (tertiary/aromatic N) is 2. The Balaban J connectivity index is 2.65. The van der Waals surface area contributed by atoms with Crippen LogP contribution in [0, 0.1) is 5.92 Å². The molecule has 3 heteroatoms. The molecule has 0 aliphatic carbocycles. The first kappa shape index (κ1) is 7.41. The highest BCUT2D eigenvalue weighted by atomic mass is 15.8. The maximum absolute atomic E-state index is 3.12. The molecule has 0 spiro atoms. The minimum absolute atomic E-state index is 0.586. The molecule has 3 nitrogen and oxygen atoms in total. The molecule has 1 heterocycles. The minimum atomic E-state index is 0.586. The second kappa shape index (κ2) is 2.50. The van der Waals surface area contributed by atoms with E-state index in [1.807, 2.05) is 24.1 Å². The van der Waals surface area contributed by atoms with Gasteiger partial charge in [0.2, 0.25) is 0 Å². The Bertz CT molecular complexity index is 151. The fraction of sp³-hybridized carbons (Fsp3) is 0.714. The van der Waals surface area contributed by atoms with Gasteiger partial charge in [-0.05, 0) is 5.92 Å². The Kier molecular flexibility index (Phi) is 1.85. The van der Waals surface area contributed by atoms with E-state index in [-0.39, 0.29) is 0 Å². The second-order valence-electron chi connectivity index (χ2n) is 2.98. The van der Waals surface area contributed by atoms with E-state index in [0.717, 1.165) is 0 Å². The van der Waals surface area contributed by atoms with E-state index in [1.165, 1.54) is 5.70 Å². The molecular formula is C7H15N3. The standard InChI is InChI=1S/C7H15N3/c1-6(2)7-5-9(3)8-10(7)4/h5-6,8H,1-4H3. The van der Waals surface area contributed by atoms with Crippen LogP contribution in [0.5, 0.6) is 0 Å². The highest BCUT2D eigenvalue weighted by Crippen LogP contribution is 2.15. The molecule has 0 amide bonds. The second-order valence-corrected chi connectivity index (χ2v) is 2.98. The number of hydrazine groups is 2. The first-order chi connectivity index (χ1) is 4.61. The summed E-state index contributed by atoms with van der Waals surface area (Å²) in [5.41, 5.74) is 4.44. The van der Waals surface area contributed by atoms with Crippen molar-refractivity contribution in [3.8, 4) is 0 Å². The fourth-order valence-electron chi connectivity index (χ4n) is 1.14. The zero-order valence-electron chi connectivity index (χ0n) is 7.05. The summed E-state index contributed by atoms with van der Waals surface area (Å²) in [6.45, 7) is 4.37. The molecule has 0 bridgehead atoms. The van der Waals surface area contributed by atoms with Gasteiger partial charge in [-0.3, -0.25) is 10.0 Å². The predicted molar refractivity (Wildman–Crippen MR) is 41.6 cm³/mol. The van der Waals surface area contributed by atoms with E-state index >= 15 is 0 Å². The van der Waals surface area contributed by atoms with Gasteiger partial charge in [0.1, 0.15) is 0 Å². The highest BCUT2D eigenvalue weighted by molar-refractivity contribution is 5.04. The molecule has 0 unspecified atom stereocenters. The van der Waals surface area contributed by atoms with Crippen LogP contribution in [0.1, 0.15) is 13.8 Å². The summed E-state index contributed by atoms with van der Waals surface area (Å²) in [6.07, 6.45) is 2.10. The molecule has 0 saturated heterocycles. The Morgan fingerprint density at radius 2 is 2.00 bits per heavy atom. The third kappa shape index (κ3) is 1.24. The monoisotopic (exact) mass is 141 g/mol. The van der Waals surface area contributed by atoms with Crippen LogP contribution in [0.4, 0.5) is 0 Å². The molecule has 0 fully saturated rings. The van der Waals surface area contributed by atoms with Crippen molar-refractivity contribution in [2.24, 2.45) is 5.92 Å². The molecule has 58 valence electrons. The number of allylic oxidation sites excluding steroid dienone is 1. The molecule has 0 radical (unpaired) electrons. The molecular weight excluding hydrogens is 126 g/mol. The molecule has 0 aromatic heterocycles. The Hall–Kier alpha value is -0.700. The fourth-order valence-corrected chi connectivity index (χ4v) is 1.14. The van der Waals surface area contributed by atoms with Crippen molar-refractivity contribution in [1.29, 1.82) is 0 Å². The van der Waals surface area contributed by atoms with Crippen LogP contribution in [0.2, 0.25) is 0 Å². The third-order valence-electron chi connectivity index (χ3n) is 1.61. The predicted octanol–water partition coefficient (Wildman–Crippen LogP) is 0.781. The maximum Gasteiger partial charge on any atom is 0.0507 e. The van der Waals surface area contributed by atoms with Gasteiger partial charge < -0.3 is 0 Å². The first-order valence-electron chi connectivity index (χ1n) is 3.56. The van der Waals surface area contributed by atoms with Gasteiger partial charge in [0.15, 0.2) is 0 Å². The van der Waals surface area contributed by atoms with Crippen LogP contribution in [0.25, 0.3) is 0 Å². The lowest BCUT2D eigenvalue weighted by molar-refractivity contribution is 0.175. The molecule has 0 aromatic carbocycles. The number of hydrogen-bond acceptors (Lipinski definition) is 3. The zero-order chi connectivity index (χ0) is 7.72. The summed E-state index contributed by atoms with van der Waals surface area (Å²) >= 11 is 0. The number of hydrogen-bond donors (Lipinski definition) is 1. The third-order valence-corrected chi connectivity index (χ3v) is 1.61. The highest BCUT2D eigenvalue weighted by Gasteiger charge is 2.15. The molecule has 1 aliphatic heterocycles. The molecule has 0 aromatic rings. The van der Waals surface area contributed by atoms with Crippen molar-refractivity contribution in [1.82, 2.24) is 15.6 Å². The van der Waals surface area contributed by atoms with Crippen molar-refractivity contribution in [3.05, 3.63) is 11.9 Å². The summed E-state index contributed by atoms with van der Waals surface area (Å²) in [5.74, 6) is 0.586. The average molecular weight is 141 g/mol. The van der Waals surface area contributed by atoms with Crippen LogP contribution in [-0.2, 0) is 0 Å². The Morgan fingerprint density at radius 1 is 1.40 bits per heavy atom. The molecule has 0 saturated carbocycles. The van der Waals surface area contributed by atoms with Gasteiger partial charge in [-0.2, -0.15) is 0 Å². The van der Waals surface area contributed by atoms with Gasteiger partial charge in [0, 0.05) is 20.3 Å². The van der Waals surface area contributed by atoms with Crippen LogP contribution in [-0.4, -0.2) is 24.1 Å². The van der Waals surface area contributed by atoms with Crippen LogP contribution in [0.15, 0.2) is 11.9 Å². The van der Waals surface area contributed by atoms with Gasteiger partial charge in [-0.15, -0.1) is 5.53 Å². The van der Waals surface area contributed by atoms with Gasteiger partial charge in [0.05, 0.1) is 5.70 Å². The molecule has 10 heavy (non-hydrogen) atoms. The van der Waals surface area contributed by atoms with Gasteiger partial charge in [-0.1, -0.05) is 13.8 Å². The van der Waals surface area contributed by atoms with Crippen molar-refractivity contribution in [3.63, 3.8) is 0 Å². The van der Waals surface area contributed by atoms with Crippen molar-refractivity contribution in [2.45, 2.75) is 13.8 Å². The topological polar surface area (TPSA) is 18.5 Å². The molecule has 0 atom stereocenters. The van der Waals surface area contributed by atoms with Crippen molar-refractivity contribution < 1.29 is 0 Å². The van der Waals surface area contributed by atoms with E-state index in [9.17, 15) is 0 Å². The molecule has 1 N–H and O–H groups in total. The zero-order valence-corrected chi connectivity index (χ0v) is 7.05. The number of rotatable bonds is 1. The molecule has 1 aliphatic rings. The van der Waals surface area contributed by atoms with Crippen molar-refractivity contribution >= 4 is 0 Å². The Morgan fingerprint density at radius 3 is 2.20 bits per heavy atom. The lowest BCUT2D eigenvalue weighted by atomic mass is 10.1. The maximum atomic E-state index is 3.12. The average Bonchev–Trinajstić information content (AvgIpc) is 2.10. The van der Waals surface area contributed by atoms with E-state index in [2.05, 4.69) is 25.6 Å². The summed E-state index contributed by atoms with van der Waals surface area (Å²) in [4.78, 5) is 0. The quantitative estimate of drug-likeness (QED) is 0.582. The van der Waals surface area contributed by atoms with E-state index < -0.39 is 0 Å². The number of nitrogens with one attached hydrogen (secondary N) is 1. The minimum Gasteiger partial charge on any atom is -0.299 e. The van der Waals surface area contributed by atoms with Crippen LogP contribution in [0.3, 0.4) is 0 Å². The lowest BCUT2D eigenvalue weighted by Crippen LogP contribution is -2.36. The normalized spacial score (nSPS) is 18.7. The van der Waals surface area contributed by atoms with Crippen molar-refractivity contribution in [2.75, 3.05) is 14.1 Å². The summed E-state index contributed by atoms with van der Waals surface area (Å²) < 4.78 is 0. The lowest BCUT2D eigenvalue weighted by Gasteiger charge is -2.19. The Labute approximate surface area is 62.2 Å². The van der Waals surface area contributed by atoms with Gasteiger partial charge in [0.25, 0.3) is 0 Å². The van der Waals surface area contributed by atoms with E-state index in [1.54, 1.807) is 0 Å². The summed E-state index contributed by atoms with van der Waals surface area (Å²) in [5, 5.41) is 3.99. The summed E-state index contributed by atoms with van der Waals surface area (Å²) in [6, 6.07) is 0. The SMILES string of the molecule is CC(C)C1=CN(C)NN1C.